The highest BCUT2D eigenvalue weighted by atomic mass is 127. The Morgan fingerprint density at radius 2 is 1.31 bits per heavy atom. The van der Waals surface area contributed by atoms with Crippen LogP contribution in [-0.2, 0) is 20.9 Å². The molecule has 0 aliphatic heterocycles. The van der Waals surface area contributed by atoms with Crippen molar-refractivity contribution >= 4 is 10.1 Å². The molecular formula is C30H43IO4S. The van der Waals surface area contributed by atoms with Crippen molar-refractivity contribution in [2.45, 2.75) is 91.6 Å². The molecule has 200 valence electrons. The Balaban J connectivity index is 0.000000212. The van der Waals surface area contributed by atoms with Crippen LogP contribution in [0.25, 0.3) is 0 Å². The fourth-order valence-corrected chi connectivity index (χ4v) is 9.34. The fourth-order valence-electron chi connectivity index (χ4n) is 5.85. The van der Waals surface area contributed by atoms with E-state index in [1.807, 2.05) is 13.8 Å². The van der Waals surface area contributed by atoms with E-state index in [9.17, 15) is 18.1 Å². The van der Waals surface area contributed by atoms with Gasteiger partial charge in [-0.05, 0) is 76.8 Å². The minimum Gasteiger partial charge on any atom is -0.748 e. The SMILES string of the molecule is CC(C)(C)c1ccc([I+]c2ccc(C(C)(C)C)cc2)cc1.CC1(C)C2CCC1(CS(=O)(=O)[O-])[C@H](O)C2. The first-order chi connectivity index (χ1) is 16.3. The van der Waals surface area contributed by atoms with Gasteiger partial charge in [0.2, 0.25) is 0 Å². The minimum absolute atomic E-state index is 0.0703. The lowest BCUT2D eigenvalue weighted by Gasteiger charge is -2.41. The summed E-state index contributed by atoms with van der Waals surface area (Å²) in [6.07, 6.45) is 1.60. The first-order valence-electron chi connectivity index (χ1n) is 12.8. The molecule has 2 aromatic rings. The molecule has 1 N–H and O–H groups in total. The fraction of sp³-hybridized carbons (Fsp3) is 0.600. The van der Waals surface area contributed by atoms with Crippen LogP contribution in [0, 0.1) is 23.9 Å². The van der Waals surface area contributed by atoms with E-state index in [-0.39, 0.29) is 37.5 Å². The van der Waals surface area contributed by atoms with E-state index in [0.717, 1.165) is 6.42 Å². The Labute approximate surface area is 229 Å². The maximum absolute atomic E-state index is 10.9. The first-order valence-corrected chi connectivity index (χ1v) is 16.6. The van der Waals surface area contributed by atoms with Crippen LogP contribution in [0.1, 0.15) is 85.8 Å². The third kappa shape index (κ3) is 6.54. The largest absolute Gasteiger partial charge is 0.748 e. The molecule has 4 rings (SSSR count). The average Bonchev–Trinajstić information content (AvgIpc) is 3.07. The van der Waals surface area contributed by atoms with E-state index in [0.29, 0.717) is 18.8 Å². The summed E-state index contributed by atoms with van der Waals surface area (Å²) in [5.41, 5.74) is 2.38. The van der Waals surface area contributed by atoms with E-state index in [2.05, 4.69) is 90.1 Å². The van der Waals surface area contributed by atoms with Crippen molar-refractivity contribution in [2.75, 3.05) is 5.75 Å². The lowest BCUT2D eigenvalue weighted by molar-refractivity contribution is -0.597. The van der Waals surface area contributed by atoms with Crippen LogP contribution in [-0.4, -0.2) is 29.9 Å². The molecule has 2 saturated carbocycles. The summed E-state index contributed by atoms with van der Waals surface area (Å²) in [6.45, 7) is 17.6. The molecule has 2 bridgehead atoms. The molecule has 4 nitrogen and oxygen atoms in total. The predicted molar refractivity (Wildman–Crippen MR) is 142 cm³/mol. The third-order valence-electron chi connectivity index (χ3n) is 8.46. The number of benzene rings is 2. The van der Waals surface area contributed by atoms with Gasteiger partial charge in [0.1, 0.15) is 0 Å². The molecule has 2 unspecified atom stereocenters. The predicted octanol–water partition coefficient (Wildman–Crippen LogP) is 3.13. The molecule has 2 fully saturated rings. The quantitative estimate of drug-likeness (QED) is 0.418. The van der Waals surface area contributed by atoms with Crippen molar-refractivity contribution in [1.82, 2.24) is 0 Å². The van der Waals surface area contributed by atoms with Crippen molar-refractivity contribution < 1.29 is 39.3 Å². The molecule has 6 heteroatoms. The summed E-state index contributed by atoms with van der Waals surface area (Å²) in [4.78, 5) is 0. The van der Waals surface area contributed by atoms with Crippen LogP contribution in [0.15, 0.2) is 48.5 Å². The number of fused-ring (bicyclic) bond motifs is 2. The average molecular weight is 627 g/mol. The van der Waals surface area contributed by atoms with Crippen LogP contribution in [0.5, 0.6) is 0 Å². The van der Waals surface area contributed by atoms with E-state index in [1.54, 1.807) is 0 Å². The summed E-state index contributed by atoms with van der Waals surface area (Å²) in [7, 11) is -4.27. The van der Waals surface area contributed by atoms with Crippen LogP contribution >= 0.6 is 0 Å². The smallest absolute Gasteiger partial charge is 0.357 e. The van der Waals surface area contributed by atoms with Gasteiger partial charge in [-0.3, -0.25) is 0 Å². The van der Waals surface area contributed by atoms with Gasteiger partial charge in [0, 0.05) is 11.2 Å². The zero-order valence-corrected chi connectivity index (χ0v) is 26.0. The molecule has 0 radical (unpaired) electrons. The van der Waals surface area contributed by atoms with Gasteiger partial charge in [-0.25, -0.2) is 8.42 Å². The Hall–Kier alpha value is -0.960. The number of hydrogen-bond donors (Lipinski definition) is 1. The second kappa shape index (κ2) is 10.3. The number of rotatable bonds is 4. The molecule has 2 aliphatic carbocycles. The van der Waals surface area contributed by atoms with Crippen LogP contribution in [0.2, 0.25) is 0 Å². The zero-order chi connectivity index (χ0) is 27.2. The van der Waals surface area contributed by atoms with Gasteiger partial charge in [-0.15, -0.1) is 0 Å². The topological polar surface area (TPSA) is 77.4 Å². The molecule has 2 aliphatic rings. The van der Waals surface area contributed by atoms with E-state index < -0.39 is 27.4 Å². The number of aliphatic hydroxyl groups excluding tert-OH is 1. The van der Waals surface area contributed by atoms with Gasteiger partial charge < -0.3 is 9.66 Å². The van der Waals surface area contributed by atoms with E-state index >= 15 is 0 Å². The van der Waals surface area contributed by atoms with Crippen molar-refractivity contribution in [3.63, 3.8) is 0 Å². The van der Waals surface area contributed by atoms with Gasteiger partial charge in [-0.1, -0.05) is 79.7 Å². The molecule has 0 saturated heterocycles. The Morgan fingerprint density at radius 1 is 0.889 bits per heavy atom. The van der Waals surface area contributed by atoms with Crippen molar-refractivity contribution in [3.05, 3.63) is 66.8 Å². The van der Waals surface area contributed by atoms with Gasteiger partial charge in [0.15, 0.2) is 7.14 Å². The standard InChI is InChI=1S/C20H26I.C10H18O4S/c1-19(2,3)15-7-11-17(12-8-15)21-18-13-9-16(10-14-18)20(4,5)6;1-9(2)7-3-4-10(9,8(11)5-7)6-15(12,13)14/h7-14H,1-6H3;7-8,11H,3-6H2,1-2H3,(H,12,13,14)/q+1;/p-1/t;7?,8-,10?/m.1/s1. The molecule has 0 spiro atoms. The Kier molecular flexibility index (Phi) is 8.47. The van der Waals surface area contributed by atoms with Crippen molar-refractivity contribution in [2.24, 2.45) is 16.7 Å². The monoisotopic (exact) mass is 626 g/mol. The van der Waals surface area contributed by atoms with E-state index in [1.165, 1.54) is 18.3 Å². The summed E-state index contributed by atoms with van der Waals surface area (Å²) < 4.78 is 35.8. The zero-order valence-electron chi connectivity index (χ0n) is 23.1. The number of halogens is 1. The molecule has 2 aromatic carbocycles. The van der Waals surface area contributed by atoms with E-state index in [4.69, 9.17) is 0 Å². The van der Waals surface area contributed by atoms with Crippen LogP contribution in [0.4, 0.5) is 0 Å². The Morgan fingerprint density at radius 3 is 1.58 bits per heavy atom. The summed E-state index contributed by atoms with van der Waals surface area (Å²) in [5, 5.41) is 9.97. The summed E-state index contributed by atoms with van der Waals surface area (Å²) in [6, 6.07) is 18.4. The number of hydrogen-bond acceptors (Lipinski definition) is 4. The first kappa shape index (κ1) is 29.6. The van der Waals surface area contributed by atoms with Crippen molar-refractivity contribution in [1.29, 1.82) is 0 Å². The van der Waals surface area contributed by atoms with Gasteiger partial charge in [0.05, 0.1) is 16.2 Å². The summed E-state index contributed by atoms with van der Waals surface area (Å²) in [5.74, 6) is -0.0563. The summed E-state index contributed by atoms with van der Waals surface area (Å²) >= 11 is -0.0703. The highest BCUT2D eigenvalue weighted by molar-refractivity contribution is 7.85. The van der Waals surface area contributed by atoms with Gasteiger partial charge >= 0.3 is 21.2 Å². The minimum atomic E-state index is -4.27. The van der Waals surface area contributed by atoms with Crippen LogP contribution in [0.3, 0.4) is 0 Å². The lowest BCUT2D eigenvalue weighted by atomic mass is 9.70. The molecule has 0 aromatic heterocycles. The molecule has 0 heterocycles. The molecule has 0 amide bonds. The van der Waals surface area contributed by atoms with Gasteiger partial charge in [-0.2, -0.15) is 0 Å². The Bertz CT molecular complexity index is 1080. The highest BCUT2D eigenvalue weighted by Crippen LogP contribution is 2.65. The molecule has 36 heavy (non-hydrogen) atoms. The maximum atomic E-state index is 10.9. The lowest BCUT2D eigenvalue weighted by Crippen LogP contribution is -3.61. The molecule has 3 atom stereocenters. The van der Waals surface area contributed by atoms with Crippen molar-refractivity contribution in [3.8, 4) is 0 Å². The number of aliphatic hydroxyl groups is 1. The van der Waals surface area contributed by atoms with Gasteiger partial charge in [0.25, 0.3) is 0 Å². The third-order valence-corrected chi connectivity index (χ3v) is 12.0. The second-order valence-electron chi connectivity index (χ2n) is 13.2. The highest BCUT2D eigenvalue weighted by Gasteiger charge is 2.64. The second-order valence-corrected chi connectivity index (χ2v) is 17.6. The normalized spacial score (nSPS) is 25.4. The maximum Gasteiger partial charge on any atom is 0.357 e. The van der Waals surface area contributed by atoms with Crippen LogP contribution < -0.4 is 21.2 Å². The molecular weight excluding hydrogens is 583 g/mol.